The van der Waals surface area contributed by atoms with Gasteiger partial charge in [-0.1, -0.05) is 43.2 Å². The molecule has 138 valence electrons. The zero-order valence-electron chi connectivity index (χ0n) is 15.5. The van der Waals surface area contributed by atoms with E-state index in [9.17, 15) is 10.1 Å². The van der Waals surface area contributed by atoms with Gasteiger partial charge in [0.05, 0.1) is 16.9 Å². The number of benzene rings is 1. The Bertz CT molecular complexity index is 680. The summed E-state index contributed by atoms with van der Waals surface area (Å²) in [5, 5.41) is 9.80. The van der Waals surface area contributed by atoms with Crippen molar-refractivity contribution in [1.29, 1.82) is 5.26 Å². The summed E-state index contributed by atoms with van der Waals surface area (Å²) >= 11 is 0. The lowest BCUT2D eigenvalue weighted by atomic mass is 9.74. The predicted octanol–water partition coefficient (Wildman–Crippen LogP) is 3.81. The Morgan fingerprint density at radius 2 is 1.81 bits per heavy atom. The van der Waals surface area contributed by atoms with Crippen LogP contribution in [0.1, 0.15) is 56.9 Å². The van der Waals surface area contributed by atoms with Gasteiger partial charge in [0.2, 0.25) is 0 Å². The molecule has 1 unspecified atom stereocenters. The topological polar surface area (TPSA) is 53.3 Å². The van der Waals surface area contributed by atoms with Crippen LogP contribution in [0.2, 0.25) is 0 Å². The molecule has 1 aliphatic carbocycles. The van der Waals surface area contributed by atoms with Crippen molar-refractivity contribution in [2.24, 2.45) is 5.41 Å². The SMILES string of the molecule is N#CC1(c2ccccc2)CCN(CCC2CC3(CCCC3)C(=O)O2)CC1. The minimum Gasteiger partial charge on any atom is -0.462 e. The number of ether oxygens (including phenoxy) is 1. The van der Waals surface area contributed by atoms with E-state index in [0.717, 1.165) is 63.7 Å². The number of cyclic esters (lactones) is 1. The van der Waals surface area contributed by atoms with E-state index in [1.54, 1.807) is 0 Å². The summed E-state index contributed by atoms with van der Waals surface area (Å²) in [5.74, 6) is 0.0613. The number of piperidine rings is 1. The van der Waals surface area contributed by atoms with Crippen LogP contribution >= 0.6 is 0 Å². The Morgan fingerprint density at radius 3 is 2.46 bits per heavy atom. The Kier molecular flexibility index (Phi) is 4.75. The highest BCUT2D eigenvalue weighted by Crippen LogP contribution is 2.48. The van der Waals surface area contributed by atoms with Crippen LogP contribution < -0.4 is 0 Å². The van der Waals surface area contributed by atoms with E-state index < -0.39 is 0 Å². The van der Waals surface area contributed by atoms with Gasteiger partial charge in [-0.25, -0.2) is 0 Å². The zero-order chi connectivity index (χ0) is 18.0. The first-order valence-electron chi connectivity index (χ1n) is 10.1. The van der Waals surface area contributed by atoms with E-state index in [1.165, 1.54) is 12.8 Å². The van der Waals surface area contributed by atoms with Gasteiger partial charge in [-0.05, 0) is 50.8 Å². The van der Waals surface area contributed by atoms with Crippen molar-refractivity contribution < 1.29 is 9.53 Å². The summed E-state index contributed by atoms with van der Waals surface area (Å²) in [7, 11) is 0. The van der Waals surface area contributed by atoms with Crippen LogP contribution in [0.5, 0.6) is 0 Å². The average molecular weight is 352 g/mol. The molecule has 0 aromatic heterocycles. The van der Waals surface area contributed by atoms with E-state index in [2.05, 4.69) is 23.1 Å². The Balaban J connectivity index is 1.30. The Morgan fingerprint density at radius 1 is 1.12 bits per heavy atom. The first-order chi connectivity index (χ1) is 12.7. The molecule has 1 spiro atoms. The quantitative estimate of drug-likeness (QED) is 0.773. The lowest BCUT2D eigenvalue weighted by molar-refractivity contribution is -0.148. The molecule has 4 heteroatoms. The van der Waals surface area contributed by atoms with Gasteiger partial charge in [-0.3, -0.25) is 4.79 Å². The second kappa shape index (κ2) is 7.04. The van der Waals surface area contributed by atoms with E-state index in [4.69, 9.17) is 4.74 Å². The molecular formula is C22H28N2O2. The number of likely N-dealkylation sites (tertiary alicyclic amines) is 1. The minimum atomic E-state index is -0.342. The summed E-state index contributed by atoms with van der Waals surface area (Å²) < 4.78 is 5.70. The number of esters is 1. The lowest BCUT2D eigenvalue weighted by Gasteiger charge is -2.37. The third kappa shape index (κ3) is 3.14. The molecule has 1 aromatic rings. The van der Waals surface area contributed by atoms with Crippen LogP contribution in [-0.2, 0) is 14.9 Å². The fraction of sp³-hybridized carbons (Fsp3) is 0.636. The van der Waals surface area contributed by atoms with Gasteiger partial charge in [0.15, 0.2) is 0 Å². The third-order valence-electron chi connectivity index (χ3n) is 6.90. The van der Waals surface area contributed by atoms with Crippen LogP contribution in [-0.4, -0.2) is 36.6 Å². The third-order valence-corrected chi connectivity index (χ3v) is 6.90. The van der Waals surface area contributed by atoms with Crippen LogP contribution in [0.3, 0.4) is 0 Å². The van der Waals surface area contributed by atoms with Crippen molar-refractivity contribution in [1.82, 2.24) is 4.90 Å². The van der Waals surface area contributed by atoms with Crippen molar-refractivity contribution in [3.63, 3.8) is 0 Å². The van der Waals surface area contributed by atoms with Gasteiger partial charge < -0.3 is 9.64 Å². The highest BCUT2D eigenvalue weighted by Gasteiger charge is 2.50. The highest BCUT2D eigenvalue weighted by molar-refractivity contribution is 5.79. The fourth-order valence-electron chi connectivity index (χ4n) is 5.17. The molecule has 1 atom stereocenters. The minimum absolute atomic E-state index is 0.0613. The maximum absolute atomic E-state index is 12.3. The first-order valence-corrected chi connectivity index (χ1v) is 10.1. The van der Waals surface area contributed by atoms with Crippen LogP contribution in [0.4, 0.5) is 0 Å². The van der Waals surface area contributed by atoms with Gasteiger partial charge >= 0.3 is 5.97 Å². The molecule has 0 N–H and O–H groups in total. The molecule has 3 fully saturated rings. The number of nitriles is 1. The normalized spacial score (nSPS) is 27.3. The van der Waals surface area contributed by atoms with Gasteiger partial charge in [-0.2, -0.15) is 5.26 Å². The van der Waals surface area contributed by atoms with E-state index >= 15 is 0 Å². The van der Waals surface area contributed by atoms with Crippen molar-refractivity contribution in [2.45, 2.75) is 62.9 Å². The standard InChI is InChI=1S/C22H28N2O2/c23-17-22(18-6-2-1-3-7-18)11-14-24(15-12-22)13-8-19-16-21(20(25)26-19)9-4-5-10-21/h1-3,6-7,19H,4-5,8-16H2. The van der Waals surface area contributed by atoms with Crippen molar-refractivity contribution in [3.8, 4) is 6.07 Å². The van der Waals surface area contributed by atoms with Crippen LogP contribution in [0.25, 0.3) is 0 Å². The van der Waals surface area contributed by atoms with Crippen molar-refractivity contribution in [2.75, 3.05) is 19.6 Å². The van der Waals surface area contributed by atoms with Crippen molar-refractivity contribution >= 4 is 5.97 Å². The van der Waals surface area contributed by atoms with Crippen LogP contribution in [0, 0.1) is 16.7 Å². The van der Waals surface area contributed by atoms with Gasteiger partial charge in [0, 0.05) is 13.0 Å². The maximum Gasteiger partial charge on any atom is 0.312 e. The number of rotatable bonds is 4. The molecular weight excluding hydrogens is 324 g/mol. The van der Waals surface area contributed by atoms with Gasteiger partial charge in [0.25, 0.3) is 0 Å². The number of carbonyl (C=O) groups excluding carboxylic acids is 1. The zero-order valence-corrected chi connectivity index (χ0v) is 15.5. The summed E-state index contributed by atoms with van der Waals surface area (Å²) in [6.07, 6.45) is 8.08. The molecule has 0 amide bonds. The smallest absolute Gasteiger partial charge is 0.312 e. The molecule has 2 saturated heterocycles. The summed E-state index contributed by atoms with van der Waals surface area (Å²) in [6.45, 7) is 2.84. The average Bonchev–Trinajstić information content (AvgIpc) is 3.29. The largest absolute Gasteiger partial charge is 0.462 e. The summed E-state index contributed by atoms with van der Waals surface area (Å²) in [6, 6.07) is 12.8. The molecule has 2 heterocycles. The molecule has 1 aromatic carbocycles. The van der Waals surface area contributed by atoms with E-state index in [1.807, 2.05) is 18.2 Å². The maximum atomic E-state index is 12.3. The fourth-order valence-corrected chi connectivity index (χ4v) is 5.17. The molecule has 0 bridgehead atoms. The molecule has 2 aliphatic heterocycles. The number of hydrogen-bond donors (Lipinski definition) is 0. The molecule has 3 aliphatic rings. The van der Waals surface area contributed by atoms with Gasteiger partial charge in [-0.15, -0.1) is 0 Å². The first kappa shape index (κ1) is 17.5. The van der Waals surface area contributed by atoms with E-state index in [-0.39, 0.29) is 22.9 Å². The van der Waals surface area contributed by atoms with Crippen LogP contribution in [0.15, 0.2) is 30.3 Å². The summed E-state index contributed by atoms with van der Waals surface area (Å²) in [4.78, 5) is 14.7. The van der Waals surface area contributed by atoms with Gasteiger partial charge in [0.1, 0.15) is 6.10 Å². The predicted molar refractivity (Wildman–Crippen MR) is 99.4 cm³/mol. The number of nitrogens with zero attached hydrogens (tertiary/aromatic N) is 2. The second-order valence-corrected chi connectivity index (χ2v) is 8.41. The monoisotopic (exact) mass is 352 g/mol. The Labute approximate surface area is 156 Å². The molecule has 0 radical (unpaired) electrons. The van der Waals surface area contributed by atoms with E-state index in [0.29, 0.717) is 0 Å². The molecule has 4 rings (SSSR count). The molecule has 26 heavy (non-hydrogen) atoms. The number of hydrogen-bond acceptors (Lipinski definition) is 4. The lowest BCUT2D eigenvalue weighted by Crippen LogP contribution is -2.42. The van der Waals surface area contributed by atoms with Crippen molar-refractivity contribution in [3.05, 3.63) is 35.9 Å². The summed E-state index contributed by atoms with van der Waals surface area (Å²) in [5.41, 5.74) is 0.663. The highest BCUT2D eigenvalue weighted by atomic mass is 16.6. The second-order valence-electron chi connectivity index (χ2n) is 8.41. The molecule has 1 saturated carbocycles. The molecule has 4 nitrogen and oxygen atoms in total. The Hall–Kier alpha value is -1.86. The number of carbonyl (C=O) groups is 1.